The number of anilines is 1. The van der Waals surface area contributed by atoms with Gasteiger partial charge >= 0.3 is 0 Å². The number of benzene rings is 3. The number of aromatic nitrogens is 1. The van der Waals surface area contributed by atoms with E-state index in [1.54, 1.807) is 6.07 Å². The Morgan fingerprint density at radius 1 is 0.974 bits per heavy atom. The van der Waals surface area contributed by atoms with Gasteiger partial charge in [-0.1, -0.05) is 66.2 Å². The number of imide groups is 1. The van der Waals surface area contributed by atoms with Crippen molar-refractivity contribution in [1.82, 2.24) is 15.2 Å². The van der Waals surface area contributed by atoms with Gasteiger partial charge in [-0.3, -0.25) is 24.6 Å². The fraction of sp³-hybridized carbons (Fsp3) is 0.258. The van der Waals surface area contributed by atoms with E-state index >= 15 is 0 Å². The van der Waals surface area contributed by atoms with E-state index in [2.05, 4.69) is 15.6 Å². The van der Waals surface area contributed by atoms with Crippen LogP contribution >= 0.6 is 11.6 Å². The first-order valence-electron chi connectivity index (χ1n) is 13.2. The molecule has 4 aromatic rings. The van der Waals surface area contributed by atoms with Crippen molar-refractivity contribution in [2.24, 2.45) is 11.8 Å². The molecule has 2 saturated heterocycles. The van der Waals surface area contributed by atoms with Gasteiger partial charge in [0.05, 0.1) is 22.5 Å². The second-order valence-electron chi connectivity index (χ2n) is 10.8. The molecule has 3 aliphatic rings. The zero-order valence-corrected chi connectivity index (χ0v) is 22.1. The van der Waals surface area contributed by atoms with Crippen LogP contribution in [0.5, 0.6) is 0 Å². The fourth-order valence-electron chi connectivity index (χ4n) is 6.87. The van der Waals surface area contributed by atoms with Crippen LogP contribution in [-0.2, 0) is 32.8 Å². The zero-order chi connectivity index (χ0) is 26.9. The molecule has 2 fully saturated rings. The Labute approximate surface area is 230 Å². The third-order valence-electron chi connectivity index (χ3n) is 8.59. The first-order chi connectivity index (χ1) is 18.9. The molecule has 0 bridgehead atoms. The van der Waals surface area contributed by atoms with Crippen LogP contribution in [0.2, 0.25) is 5.02 Å². The summed E-state index contributed by atoms with van der Waals surface area (Å²) < 4.78 is 0. The van der Waals surface area contributed by atoms with E-state index in [1.165, 1.54) is 4.90 Å². The monoisotopic (exact) mass is 538 g/mol. The van der Waals surface area contributed by atoms with Gasteiger partial charge in [0.15, 0.2) is 0 Å². The van der Waals surface area contributed by atoms with E-state index in [-0.39, 0.29) is 24.3 Å². The maximum absolute atomic E-state index is 14.1. The van der Waals surface area contributed by atoms with Crippen molar-refractivity contribution in [3.8, 4) is 0 Å². The maximum atomic E-state index is 14.1. The number of para-hydroxylation sites is 1. The molecule has 196 valence electrons. The highest BCUT2D eigenvalue weighted by Crippen LogP contribution is 2.54. The van der Waals surface area contributed by atoms with Crippen molar-refractivity contribution in [2.75, 3.05) is 11.9 Å². The van der Waals surface area contributed by atoms with E-state index in [4.69, 9.17) is 11.6 Å². The van der Waals surface area contributed by atoms with Crippen LogP contribution in [0.1, 0.15) is 22.3 Å². The predicted octanol–water partition coefficient (Wildman–Crippen LogP) is 4.34. The molecular weight excluding hydrogens is 512 g/mol. The molecule has 4 atom stereocenters. The topological polar surface area (TPSA) is 94.3 Å². The summed E-state index contributed by atoms with van der Waals surface area (Å²) >= 11 is 6.56. The van der Waals surface area contributed by atoms with Crippen LogP contribution in [0, 0.1) is 18.8 Å². The van der Waals surface area contributed by atoms with Crippen LogP contribution in [0.3, 0.4) is 0 Å². The number of likely N-dealkylation sites (tertiary alicyclic amines) is 1. The Morgan fingerprint density at radius 2 is 1.74 bits per heavy atom. The number of carbonyl (C=O) groups excluding carboxylic acids is 3. The Hall–Kier alpha value is -3.94. The lowest BCUT2D eigenvalue weighted by atomic mass is 9.76. The molecule has 0 radical (unpaired) electrons. The number of amides is 3. The minimum Gasteiger partial charge on any atom is -0.361 e. The fourth-order valence-corrected chi connectivity index (χ4v) is 7.19. The number of carbonyl (C=O) groups is 3. The standard InChI is InChI=1S/C31H27ClN4O3/c1-17-13-21-27(22(32)14-17)34-30(39)31(21)26-25(24(35-31)15-19-16-33-23-10-6-5-9-20(19)23)28(37)36(29(26)38)12-11-18-7-3-2-4-8-18/h2-10,13-14,16,24-26,33,35H,11-12,15H2,1H3,(H,34,39)/t24-,25+,26-,31-/m0/s1. The molecule has 3 aliphatic heterocycles. The van der Waals surface area contributed by atoms with E-state index in [9.17, 15) is 14.4 Å². The molecule has 8 heteroatoms. The SMILES string of the molecule is Cc1cc(Cl)c2c(c1)[C@@]1(N[C@@H](Cc3c[nH]c4ccccc34)[C@H]3C(=O)N(CCc4ccccc4)C(=O)[C@H]31)C(=O)N2. The Morgan fingerprint density at radius 3 is 2.56 bits per heavy atom. The van der Waals surface area contributed by atoms with Crippen LogP contribution in [0.25, 0.3) is 10.9 Å². The van der Waals surface area contributed by atoms with Crippen molar-refractivity contribution in [3.05, 3.63) is 100 Å². The number of aryl methyl sites for hydroxylation is 1. The van der Waals surface area contributed by atoms with Crippen LogP contribution in [-0.4, -0.2) is 40.2 Å². The molecule has 3 amide bonds. The molecule has 4 heterocycles. The molecule has 39 heavy (non-hydrogen) atoms. The molecule has 7 nitrogen and oxygen atoms in total. The van der Waals surface area contributed by atoms with Gasteiger partial charge in [0.1, 0.15) is 5.54 Å². The Balaban J connectivity index is 1.32. The molecule has 0 aliphatic carbocycles. The molecule has 1 aromatic heterocycles. The van der Waals surface area contributed by atoms with Gasteiger partial charge in [0, 0.05) is 35.2 Å². The molecule has 3 aromatic carbocycles. The largest absolute Gasteiger partial charge is 0.361 e. The second kappa shape index (κ2) is 8.79. The molecular formula is C31H27ClN4O3. The highest BCUT2D eigenvalue weighted by atomic mass is 35.5. The van der Waals surface area contributed by atoms with Crippen molar-refractivity contribution in [3.63, 3.8) is 0 Å². The highest BCUT2D eigenvalue weighted by Gasteiger charge is 2.70. The quantitative estimate of drug-likeness (QED) is 0.330. The smallest absolute Gasteiger partial charge is 0.250 e. The van der Waals surface area contributed by atoms with Gasteiger partial charge in [-0.05, 0) is 48.6 Å². The Kier molecular flexibility index (Phi) is 5.44. The number of hydrogen-bond donors (Lipinski definition) is 3. The zero-order valence-electron chi connectivity index (χ0n) is 21.3. The lowest BCUT2D eigenvalue weighted by Gasteiger charge is -2.30. The van der Waals surface area contributed by atoms with Gasteiger partial charge in [0.25, 0.3) is 0 Å². The first kappa shape index (κ1) is 24.1. The summed E-state index contributed by atoms with van der Waals surface area (Å²) in [5.74, 6) is -2.42. The van der Waals surface area contributed by atoms with Gasteiger partial charge < -0.3 is 10.3 Å². The number of nitrogens with zero attached hydrogens (tertiary/aromatic N) is 1. The van der Waals surface area contributed by atoms with Gasteiger partial charge in [0.2, 0.25) is 17.7 Å². The molecule has 1 spiro atoms. The van der Waals surface area contributed by atoms with Crippen LogP contribution < -0.4 is 10.6 Å². The number of H-pyrrole nitrogens is 1. The van der Waals surface area contributed by atoms with Crippen LogP contribution in [0.4, 0.5) is 5.69 Å². The van der Waals surface area contributed by atoms with E-state index in [1.807, 2.05) is 73.8 Å². The molecule has 0 unspecified atom stereocenters. The normalized spacial score (nSPS) is 25.5. The number of aromatic amines is 1. The summed E-state index contributed by atoms with van der Waals surface area (Å²) in [6, 6.07) is 21.1. The predicted molar refractivity (Wildman–Crippen MR) is 149 cm³/mol. The summed E-state index contributed by atoms with van der Waals surface area (Å²) in [7, 11) is 0. The average Bonchev–Trinajstić information content (AvgIpc) is 3.64. The minimum absolute atomic E-state index is 0.227. The lowest BCUT2D eigenvalue weighted by Crippen LogP contribution is -2.53. The summed E-state index contributed by atoms with van der Waals surface area (Å²) in [5.41, 5.74) is 3.73. The molecule has 0 saturated carbocycles. The highest BCUT2D eigenvalue weighted by molar-refractivity contribution is 6.35. The lowest BCUT2D eigenvalue weighted by molar-refractivity contribution is -0.142. The van der Waals surface area contributed by atoms with E-state index < -0.39 is 23.4 Å². The summed E-state index contributed by atoms with van der Waals surface area (Å²) in [4.78, 5) is 46.6. The number of rotatable bonds is 5. The van der Waals surface area contributed by atoms with Crippen molar-refractivity contribution in [2.45, 2.75) is 31.3 Å². The third-order valence-corrected chi connectivity index (χ3v) is 8.89. The van der Waals surface area contributed by atoms with Gasteiger partial charge in [-0.15, -0.1) is 0 Å². The van der Waals surface area contributed by atoms with Crippen molar-refractivity contribution in [1.29, 1.82) is 0 Å². The van der Waals surface area contributed by atoms with E-state index in [0.29, 0.717) is 29.1 Å². The number of halogens is 1. The Bertz CT molecular complexity index is 1670. The third kappa shape index (κ3) is 3.50. The number of nitrogens with one attached hydrogen (secondary N) is 3. The van der Waals surface area contributed by atoms with Gasteiger partial charge in [-0.25, -0.2) is 0 Å². The minimum atomic E-state index is -1.37. The average molecular weight is 539 g/mol. The van der Waals surface area contributed by atoms with E-state index in [0.717, 1.165) is 27.6 Å². The number of hydrogen-bond acceptors (Lipinski definition) is 4. The number of fused-ring (bicyclic) bond motifs is 5. The maximum Gasteiger partial charge on any atom is 0.250 e. The summed E-state index contributed by atoms with van der Waals surface area (Å²) in [6.07, 6.45) is 2.99. The van der Waals surface area contributed by atoms with Crippen LogP contribution in [0.15, 0.2) is 72.9 Å². The summed E-state index contributed by atoms with van der Waals surface area (Å²) in [6.45, 7) is 2.18. The first-order valence-corrected chi connectivity index (χ1v) is 13.6. The molecule has 7 rings (SSSR count). The van der Waals surface area contributed by atoms with Crippen molar-refractivity contribution < 1.29 is 14.4 Å². The van der Waals surface area contributed by atoms with Gasteiger partial charge in [-0.2, -0.15) is 0 Å². The summed E-state index contributed by atoms with van der Waals surface area (Å²) in [5, 5.41) is 7.95. The second-order valence-corrected chi connectivity index (χ2v) is 11.2. The van der Waals surface area contributed by atoms with Crippen molar-refractivity contribution >= 4 is 45.9 Å². The molecule has 3 N–H and O–H groups in total.